The summed E-state index contributed by atoms with van der Waals surface area (Å²) in [6.45, 7) is -1.42. The predicted octanol–water partition coefficient (Wildman–Crippen LogP) is 5.63. The molecule has 0 saturated heterocycles. The lowest BCUT2D eigenvalue weighted by Gasteiger charge is -2.12. The number of halogens is 4. The lowest BCUT2D eigenvalue weighted by molar-refractivity contribution is -0.153. The Bertz CT molecular complexity index is 1760. The molecule has 0 amide bonds. The van der Waals surface area contributed by atoms with Crippen LogP contribution in [0, 0.1) is 23.2 Å². The highest BCUT2D eigenvalue weighted by atomic mass is 35.5. The Labute approximate surface area is 236 Å². The van der Waals surface area contributed by atoms with Crippen LogP contribution in [0.15, 0.2) is 71.3 Å². The van der Waals surface area contributed by atoms with Gasteiger partial charge in [0.25, 0.3) is 0 Å². The maximum absolute atomic E-state index is 12.5. The van der Waals surface area contributed by atoms with E-state index >= 15 is 0 Å². The maximum atomic E-state index is 12.5. The van der Waals surface area contributed by atoms with Crippen molar-refractivity contribution in [3.8, 4) is 52.3 Å². The zero-order chi connectivity index (χ0) is 28.8. The number of rotatable bonds is 7. The van der Waals surface area contributed by atoms with Gasteiger partial charge >= 0.3 is 6.18 Å². The van der Waals surface area contributed by atoms with E-state index in [1.54, 1.807) is 53.1 Å². The molecule has 0 radical (unpaired) electrons. The first-order valence-corrected chi connectivity index (χ1v) is 12.3. The van der Waals surface area contributed by atoms with E-state index in [4.69, 9.17) is 26.0 Å². The molecule has 0 bridgehead atoms. The number of hydrogen-bond acceptors (Lipinski definition) is 8. The van der Waals surface area contributed by atoms with Crippen molar-refractivity contribution >= 4 is 11.6 Å². The van der Waals surface area contributed by atoms with E-state index in [0.717, 1.165) is 0 Å². The fourth-order valence-electron chi connectivity index (χ4n) is 3.65. The van der Waals surface area contributed by atoms with Crippen LogP contribution < -0.4 is 4.74 Å². The molecule has 9 nitrogen and oxygen atoms in total. The number of para-hydroxylation sites is 1. The van der Waals surface area contributed by atoms with Gasteiger partial charge in [0.05, 0.1) is 41.4 Å². The molecule has 3 aromatic heterocycles. The molecule has 3 heterocycles. The molecular formula is C28H17ClF3N7O2. The highest BCUT2D eigenvalue weighted by Gasteiger charge is 2.28. The third-order valence-corrected chi connectivity index (χ3v) is 5.85. The molecule has 0 atom stereocenters. The van der Waals surface area contributed by atoms with Crippen LogP contribution in [0.25, 0.3) is 28.7 Å². The SMILES string of the molecule is N#Cc1ccc(-c2nnc(CC#CCc3nnc(-c4ccc(OCC(F)(F)F)cn4)n3-c3ccccc3Cl)o2)cc1. The zero-order valence-electron chi connectivity index (χ0n) is 20.9. The average Bonchev–Trinajstić information content (AvgIpc) is 3.62. The topological polar surface area (TPSA) is 116 Å². The van der Waals surface area contributed by atoms with E-state index in [1.165, 1.54) is 18.3 Å². The molecule has 0 spiro atoms. The Morgan fingerprint density at radius 3 is 2.41 bits per heavy atom. The molecule has 0 unspecified atom stereocenters. The van der Waals surface area contributed by atoms with Crippen LogP contribution in [0.4, 0.5) is 13.2 Å². The van der Waals surface area contributed by atoms with Crippen molar-refractivity contribution < 1.29 is 22.3 Å². The lowest BCUT2D eigenvalue weighted by atomic mass is 10.1. The van der Waals surface area contributed by atoms with Gasteiger partial charge < -0.3 is 9.15 Å². The summed E-state index contributed by atoms with van der Waals surface area (Å²) in [6, 6.07) is 18.7. The smallest absolute Gasteiger partial charge is 0.422 e. The summed E-state index contributed by atoms with van der Waals surface area (Å²) in [4.78, 5) is 4.21. The molecule has 0 aliphatic rings. The number of pyridine rings is 1. The number of nitrogens with zero attached hydrogens (tertiary/aromatic N) is 7. The van der Waals surface area contributed by atoms with E-state index in [1.807, 2.05) is 0 Å². The maximum Gasteiger partial charge on any atom is 0.422 e. The Morgan fingerprint density at radius 2 is 1.71 bits per heavy atom. The minimum atomic E-state index is -4.46. The quantitative estimate of drug-likeness (QED) is 0.229. The number of alkyl halides is 3. The fourth-order valence-corrected chi connectivity index (χ4v) is 3.88. The van der Waals surface area contributed by atoms with Crippen LogP contribution >= 0.6 is 11.6 Å². The molecule has 5 aromatic rings. The molecule has 0 aliphatic carbocycles. The van der Waals surface area contributed by atoms with Crippen LogP contribution in [0.3, 0.4) is 0 Å². The van der Waals surface area contributed by atoms with Gasteiger partial charge in [0.2, 0.25) is 11.8 Å². The molecular weight excluding hydrogens is 559 g/mol. The normalized spacial score (nSPS) is 11.0. The number of ether oxygens (including phenoxy) is 1. The van der Waals surface area contributed by atoms with Gasteiger partial charge in [0.15, 0.2) is 12.4 Å². The molecule has 41 heavy (non-hydrogen) atoms. The minimum Gasteiger partial charge on any atom is -0.483 e. The number of aromatic nitrogens is 6. The van der Waals surface area contributed by atoms with Crippen molar-refractivity contribution in [1.82, 2.24) is 29.9 Å². The van der Waals surface area contributed by atoms with Crippen LogP contribution in [0.1, 0.15) is 17.3 Å². The van der Waals surface area contributed by atoms with Crippen LogP contribution in [-0.2, 0) is 12.8 Å². The third-order valence-electron chi connectivity index (χ3n) is 5.53. The van der Waals surface area contributed by atoms with Gasteiger partial charge in [-0.2, -0.15) is 18.4 Å². The summed E-state index contributed by atoms with van der Waals surface area (Å²) in [5.41, 5.74) is 2.13. The first-order chi connectivity index (χ1) is 19.8. The summed E-state index contributed by atoms with van der Waals surface area (Å²) in [6.07, 6.45) is -2.91. The number of hydrogen-bond donors (Lipinski definition) is 0. The second kappa shape index (κ2) is 11.9. The summed E-state index contributed by atoms with van der Waals surface area (Å²) in [5, 5.41) is 25.9. The number of benzene rings is 2. The van der Waals surface area contributed by atoms with Crippen LogP contribution in [0.2, 0.25) is 5.02 Å². The van der Waals surface area contributed by atoms with Gasteiger partial charge in [0, 0.05) is 5.56 Å². The number of nitriles is 1. The van der Waals surface area contributed by atoms with Crippen LogP contribution in [0.5, 0.6) is 5.75 Å². The summed E-state index contributed by atoms with van der Waals surface area (Å²) in [7, 11) is 0. The summed E-state index contributed by atoms with van der Waals surface area (Å²) in [5.74, 6) is 7.39. The summed E-state index contributed by atoms with van der Waals surface area (Å²) >= 11 is 6.46. The predicted molar refractivity (Wildman–Crippen MR) is 141 cm³/mol. The molecule has 2 aromatic carbocycles. The Kier molecular flexibility index (Phi) is 7.94. The Morgan fingerprint density at radius 1 is 0.927 bits per heavy atom. The molecule has 204 valence electrons. The van der Waals surface area contributed by atoms with Crippen molar-refractivity contribution in [2.45, 2.75) is 19.0 Å². The highest BCUT2D eigenvalue weighted by Crippen LogP contribution is 2.28. The van der Waals surface area contributed by atoms with Crippen LogP contribution in [-0.4, -0.2) is 42.7 Å². The van der Waals surface area contributed by atoms with Crippen molar-refractivity contribution in [2.24, 2.45) is 0 Å². The fraction of sp³-hybridized carbons (Fsp3) is 0.143. The van der Waals surface area contributed by atoms with Gasteiger partial charge in [-0.1, -0.05) is 35.6 Å². The van der Waals surface area contributed by atoms with Gasteiger partial charge in [0.1, 0.15) is 17.3 Å². The van der Waals surface area contributed by atoms with Gasteiger partial charge in [-0.15, -0.1) is 20.4 Å². The second-order valence-corrected chi connectivity index (χ2v) is 8.81. The van der Waals surface area contributed by atoms with Crippen molar-refractivity contribution in [1.29, 1.82) is 5.26 Å². The summed E-state index contributed by atoms with van der Waals surface area (Å²) < 4.78 is 49.5. The van der Waals surface area contributed by atoms with Crippen molar-refractivity contribution in [3.63, 3.8) is 0 Å². The van der Waals surface area contributed by atoms with E-state index < -0.39 is 12.8 Å². The molecule has 13 heteroatoms. The first kappa shape index (κ1) is 27.4. The molecule has 0 N–H and O–H groups in total. The van der Waals surface area contributed by atoms with Gasteiger partial charge in [-0.25, -0.2) is 4.98 Å². The van der Waals surface area contributed by atoms with E-state index in [9.17, 15) is 13.2 Å². The second-order valence-electron chi connectivity index (χ2n) is 8.41. The van der Waals surface area contributed by atoms with Crippen molar-refractivity contribution in [2.75, 3.05) is 6.61 Å². The molecule has 0 fully saturated rings. The molecule has 5 rings (SSSR count). The largest absolute Gasteiger partial charge is 0.483 e. The first-order valence-electron chi connectivity index (χ1n) is 11.9. The van der Waals surface area contributed by atoms with Gasteiger partial charge in [-0.05, 0) is 48.5 Å². The minimum absolute atomic E-state index is 0.0376. The Balaban J connectivity index is 1.35. The standard InChI is InChI=1S/C28H17ClF3N7O2/c29-21-5-1-2-6-23(21)39-24(35-37-26(39)22-14-13-20(16-34-22)40-17-28(30,31)32)7-3-4-8-25-36-38-27(41-25)19-11-9-18(15-33)10-12-19/h1-2,5-6,9-14,16H,7-8,17H2. The molecule has 0 saturated carbocycles. The van der Waals surface area contributed by atoms with E-state index in [2.05, 4.69) is 43.3 Å². The average molecular weight is 576 g/mol. The monoisotopic (exact) mass is 575 g/mol. The van der Waals surface area contributed by atoms with Crippen molar-refractivity contribution in [3.05, 3.63) is 89.2 Å². The third kappa shape index (κ3) is 6.69. The van der Waals surface area contributed by atoms with E-state index in [0.29, 0.717) is 51.0 Å². The lowest BCUT2D eigenvalue weighted by Crippen LogP contribution is -2.19. The highest BCUT2D eigenvalue weighted by molar-refractivity contribution is 6.32. The Hall–Kier alpha value is -5.20. The van der Waals surface area contributed by atoms with Gasteiger partial charge in [-0.3, -0.25) is 4.57 Å². The molecule has 0 aliphatic heterocycles. The van der Waals surface area contributed by atoms with E-state index in [-0.39, 0.29) is 18.6 Å². The zero-order valence-corrected chi connectivity index (χ0v) is 21.7.